The van der Waals surface area contributed by atoms with E-state index in [1.54, 1.807) is 37.4 Å². The van der Waals surface area contributed by atoms with E-state index in [2.05, 4.69) is 10.3 Å². The van der Waals surface area contributed by atoms with E-state index in [9.17, 15) is 22.8 Å². The molecule has 1 fully saturated rings. The molecule has 1 aromatic heterocycles. The van der Waals surface area contributed by atoms with Crippen LogP contribution < -0.4 is 16.0 Å². The minimum absolute atomic E-state index is 0.0372. The first-order valence-corrected chi connectivity index (χ1v) is 10.0. The molecule has 1 atom stereocenters. The van der Waals surface area contributed by atoms with Crippen molar-refractivity contribution in [2.45, 2.75) is 29.3 Å². The number of hydrogen-bond acceptors (Lipinski definition) is 5. The van der Waals surface area contributed by atoms with Crippen LogP contribution in [-0.2, 0) is 11.2 Å². The molecule has 1 saturated heterocycles. The average Bonchev–Trinajstić information content (AvgIpc) is 2.90. The zero-order valence-corrected chi connectivity index (χ0v) is 17.1. The number of urea groups is 1. The number of nitrogens with zero attached hydrogens (tertiary/aromatic N) is 2. The number of aromatic nitrogens is 1. The lowest BCUT2D eigenvalue weighted by Gasteiger charge is -2.23. The van der Waals surface area contributed by atoms with Gasteiger partial charge in [0, 0.05) is 28.6 Å². The maximum Gasteiger partial charge on any atom is 0.446 e. The number of carbonyl (C=O) groups is 2. The third kappa shape index (κ3) is 4.02. The number of amides is 3. The van der Waals surface area contributed by atoms with Crippen LogP contribution in [0.15, 0.2) is 59.6 Å². The summed E-state index contributed by atoms with van der Waals surface area (Å²) in [5.41, 5.74) is 2.55. The molecule has 0 saturated carbocycles. The van der Waals surface area contributed by atoms with Gasteiger partial charge in [0.2, 0.25) is 0 Å². The van der Waals surface area contributed by atoms with E-state index < -0.39 is 23.0 Å². The number of imide groups is 1. The molecule has 3 amide bonds. The molecular weight excluding hydrogens is 429 g/mol. The second-order valence-electron chi connectivity index (χ2n) is 7.33. The Hall–Kier alpha value is -3.27. The molecule has 31 heavy (non-hydrogen) atoms. The second-order valence-corrected chi connectivity index (χ2v) is 8.47. The number of pyridine rings is 1. The van der Waals surface area contributed by atoms with Crippen molar-refractivity contribution in [3.05, 3.63) is 60.3 Å². The summed E-state index contributed by atoms with van der Waals surface area (Å²) in [4.78, 5) is 31.0. The highest BCUT2D eigenvalue weighted by Gasteiger charge is 2.48. The number of benzene rings is 2. The molecule has 0 radical (unpaired) electrons. The van der Waals surface area contributed by atoms with Gasteiger partial charge in [0.15, 0.2) is 0 Å². The van der Waals surface area contributed by atoms with Crippen molar-refractivity contribution in [3.63, 3.8) is 0 Å². The fourth-order valence-corrected chi connectivity index (χ4v) is 4.21. The maximum atomic E-state index is 13.2. The van der Waals surface area contributed by atoms with E-state index in [1.807, 2.05) is 0 Å². The average molecular weight is 446 g/mol. The Balaban J connectivity index is 1.62. The molecule has 0 bridgehead atoms. The largest absolute Gasteiger partial charge is 0.446 e. The van der Waals surface area contributed by atoms with Crippen molar-refractivity contribution < 1.29 is 22.8 Å². The molecule has 2 heterocycles. The number of rotatable bonds is 4. The highest BCUT2D eigenvalue weighted by atomic mass is 32.2. The fraction of sp³-hybridized carbons (Fsp3) is 0.190. The Labute approximate surface area is 179 Å². The Morgan fingerprint density at radius 1 is 1.13 bits per heavy atom. The van der Waals surface area contributed by atoms with Gasteiger partial charge in [-0.1, -0.05) is 6.07 Å². The Morgan fingerprint density at radius 2 is 1.84 bits per heavy atom. The summed E-state index contributed by atoms with van der Waals surface area (Å²) in [7, 11) is 0. The molecule has 1 aliphatic heterocycles. The summed E-state index contributed by atoms with van der Waals surface area (Å²) in [5, 5.41) is 3.41. The molecule has 2 aromatic carbocycles. The number of nitrogens with two attached hydrogens (primary N) is 1. The van der Waals surface area contributed by atoms with Crippen molar-refractivity contribution >= 4 is 46.0 Å². The molecule has 4 rings (SSSR count). The van der Waals surface area contributed by atoms with Gasteiger partial charge in [-0.05, 0) is 66.7 Å². The number of carbonyl (C=O) groups excluding carboxylic acids is 2. The predicted octanol–water partition coefficient (Wildman–Crippen LogP) is 4.49. The molecule has 0 spiro atoms. The van der Waals surface area contributed by atoms with Gasteiger partial charge >= 0.3 is 11.5 Å². The third-order valence-corrected chi connectivity index (χ3v) is 5.76. The first-order chi connectivity index (χ1) is 14.6. The Kier molecular flexibility index (Phi) is 5.04. The topological polar surface area (TPSA) is 88.3 Å². The summed E-state index contributed by atoms with van der Waals surface area (Å²) in [5.74, 6) is -0.506. The zero-order chi connectivity index (χ0) is 22.4. The van der Waals surface area contributed by atoms with Gasteiger partial charge in [-0.15, -0.1) is 0 Å². The van der Waals surface area contributed by atoms with Crippen molar-refractivity contribution in [3.8, 4) is 0 Å². The van der Waals surface area contributed by atoms with E-state index >= 15 is 0 Å². The van der Waals surface area contributed by atoms with Crippen LogP contribution >= 0.6 is 11.8 Å². The second kappa shape index (κ2) is 7.45. The van der Waals surface area contributed by atoms with Gasteiger partial charge < -0.3 is 11.1 Å². The van der Waals surface area contributed by atoms with Crippen LogP contribution in [0, 0.1) is 0 Å². The van der Waals surface area contributed by atoms with Gasteiger partial charge in [-0.3, -0.25) is 9.78 Å². The van der Waals surface area contributed by atoms with Crippen LogP contribution in [0.5, 0.6) is 0 Å². The third-order valence-electron chi connectivity index (χ3n) is 5.02. The molecular formula is C21H17F3N4O2S. The first kappa shape index (κ1) is 21.0. The number of halogens is 3. The van der Waals surface area contributed by atoms with Crippen molar-refractivity contribution in [2.24, 2.45) is 0 Å². The summed E-state index contributed by atoms with van der Waals surface area (Å²) in [6.07, 6.45) is 1.78. The summed E-state index contributed by atoms with van der Waals surface area (Å²) < 4.78 is 37.6. The molecule has 10 heteroatoms. The number of nitrogens with one attached hydrogen (secondary N) is 1. The van der Waals surface area contributed by atoms with E-state index in [0.29, 0.717) is 16.6 Å². The van der Waals surface area contributed by atoms with Crippen molar-refractivity contribution in [1.82, 2.24) is 10.3 Å². The number of alkyl halides is 3. The number of nitrogen functional groups attached to an aromatic ring is 1. The smallest absolute Gasteiger partial charge is 0.398 e. The van der Waals surface area contributed by atoms with Crippen LogP contribution in [0.2, 0.25) is 0 Å². The number of fused-ring (bicyclic) bond motifs is 1. The molecule has 6 nitrogen and oxygen atoms in total. The van der Waals surface area contributed by atoms with Gasteiger partial charge in [0.25, 0.3) is 5.91 Å². The lowest BCUT2D eigenvalue weighted by atomic mass is 9.90. The highest BCUT2D eigenvalue weighted by Crippen LogP contribution is 2.38. The van der Waals surface area contributed by atoms with E-state index in [4.69, 9.17) is 5.73 Å². The van der Waals surface area contributed by atoms with Gasteiger partial charge in [0.1, 0.15) is 5.54 Å². The van der Waals surface area contributed by atoms with Crippen molar-refractivity contribution in [2.75, 3.05) is 10.6 Å². The molecule has 3 N–H and O–H groups in total. The minimum Gasteiger partial charge on any atom is -0.398 e. The fourth-order valence-electron chi connectivity index (χ4n) is 3.67. The van der Waals surface area contributed by atoms with E-state index in [1.165, 1.54) is 24.3 Å². The van der Waals surface area contributed by atoms with Crippen LogP contribution in [0.4, 0.5) is 29.3 Å². The van der Waals surface area contributed by atoms with Crippen LogP contribution in [0.1, 0.15) is 12.5 Å². The molecule has 1 aliphatic rings. The lowest BCUT2D eigenvalue weighted by molar-refractivity contribution is -0.121. The van der Waals surface area contributed by atoms with Gasteiger partial charge in [0.05, 0.1) is 11.2 Å². The zero-order valence-electron chi connectivity index (χ0n) is 16.2. The number of hydrogen-bond donors (Lipinski definition) is 2. The van der Waals surface area contributed by atoms with E-state index in [0.717, 1.165) is 10.5 Å². The summed E-state index contributed by atoms with van der Waals surface area (Å²) >= 11 is -0.264. The standard InChI is InChI=1S/C21H17F3N4O2S/c1-20(11-12-9-10-26-16-4-2-3-15(25)17(12)16)18(29)28(19(30)27-20)13-5-7-14(8-6-13)31-21(22,23)24/h2-10H,11,25H2,1H3,(H,27,30). The monoisotopic (exact) mass is 446 g/mol. The molecule has 1 unspecified atom stereocenters. The maximum absolute atomic E-state index is 13.2. The normalized spacial score (nSPS) is 19.2. The molecule has 3 aromatic rings. The van der Waals surface area contributed by atoms with Crippen LogP contribution in [0.25, 0.3) is 10.9 Å². The molecule has 0 aliphatic carbocycles. The van der Waals surface area contributed by atoms with Crippen LogP contribution in [0.3, 0.4) is 0 Å². The summed E-state index contributed by atoms with van der Waals surface area (Å²) in [6, 6.07) is 11.5. The number of thioether (sulfide) groups is 1. The van der Waals surface area contributed by atoms with Gasteiger partial charge in [-0.2, -0.15) is 13.2 Å². The predicted molar refractivity (Wildman–Crippen MR) is 113 cm³/mol. The molecule has 160 valence electrons. The van der Waals surface area contributed by atoms with Crippen LogP contribution in [-0.4, -0.2) is 28.0 Å². The van der Waals surface area contributed by atoms with Gasteiger partial charge in [-0.25, -0.2) is 9.69 Å². The van der Waals surface area contributed by atoms with Crippen molar-refractivity contribution in [1.29, 1.82) is 0 Å². The highest BCUT2D eigenvalue weighted by molar-refractivity contribution is 8.00. The SMILES string of the molecule is CC1(Cc2ccnc3cccc(N)c23)NC(=O)N(c2ccc(SC(F)(F)F)cc2)C1=O. The number of anilines is 2. The minimum atomic E-state index is -4.42. The van der Waals surface area contributed by atoms with E-state index in [-0.39, 0.29) is 28.8 Å². The Morgan fingerprint density at radius 3 is 2.52 bits per heavy atom. The Bertz CT molecular complexity index is 1180. The lowest BCUT2D eigenvalue weighted by Crippen LogP contribution is -2.46. The summed E-state index contributed by atoms with van der Waals surface area (Å²) in [6.45, 7) is 1.60. The quantitative estimate of drug-likeness (QED) is 0.350. The first-order valence-electron chi connectivity index (χ1n) is 9.22.